The van der Waals surface area contributed by atoms with Crippen LogP contribution >= 0.6 is 0 Å². The third-order valence-corrected chi connectivity index (χ3v) is 5.80. The molecule has 1 aliphatic carbocycles. The van der Waals surface area contributed by atoms with Gasteiger partial charge in [0, 0.05) is 0 Å². The second-order valence-corrected chi connectivity index (χ2v) is 7.52. The molecular formula is C16H20N2O2S. The molecule has 0 fully saturated rings. The molecule has 0 amide bonds. The minimum absolute atomic E-state index is 0.288. The molecule has 1 aromatic carbocycles. The minimum Gasteiger partial charge on any atom is -0.368 e. The molecule has 2 unspecified atom stereocenters. The fourth-order valence-electron chi connectivity index (χ4n) is 2.88. The maximum absolute atomic E-state index is 12.3. The summed E-state index contributed by atoms with van der Waals surface area (Å²) in [6.07, 6.45) is 5.00. The van der Waals surface area contributed by atoms with Crippen molar-refractivity contribution in [3.8, 4) is 0 Å². The molecule has 112 valence electrons. The number of hydrogen-bond donors (Lipinski definition) is 2. The van der Waals surface area contributed by atoms with E-state index in [1.807, 2.05) is 12.1 Å². The first-order valence-corrected chi connectivity index (χ1v) is 8.67. The third kappa shape index (κ3) is 2.51. The molecule has 21 heavy (non-hydrogen) atoms. The SMILES string of the molecule is CC1=C(c2ccc3c(c2)S(=O)(=O)NC(C)N3)C=CCC1C. The Kier molecular flexibility index (Phi) is 3.42. The summed E-state index contributed by atoms with van der Waals surface area (Å²) in [4.78, 5) is 0.324. The van der Waals surface area contributed by atoms with Gasteiger partial charge in [0.1, 0.15) is 4.90 Å². The van der Waals surface area contributed by atoms with E-state index in [1.54, 1.807) is 13.0 Å². The van der Waals surface area contributed by atoms with E-state index in [0.717, 1.165) is 17.6 Å². The molecule has 0 bridgehead atoms. The van der Waals surface area contributed by atoms with Crippen LogP contribution in [0.3, 0.4) is 0 Å². The van der Waals surface area contributed by atoms with Gasteiger partial charge < -0.3 is 5.32 Å². The van der Waals surface area contributed by atoms with Crippen molar-refractivity contribution in [2.24, 2.45) is 5.92 Å². The Hall–Kier alpha value is -1.59. The van der Waals surface area contributed by atoms with Crippen LogP contribution in [0.15, 0.2) is 40.8 Å². The van der Waals surface area contributed by atoms with Gasteiger partial charge >= 0.3 is 0 Å². The third-order valence-electron chi connectivity index (χ3n) is 4.22. The van der Waals surface area contributed by atoms with Crippen LogP contribution in [0.5, 0.6) is 0 Å². The van der Waals surface area contributed by atoms with E-state index in [9.17, 15) is 8.42 Å². The van der Waals surface area contributed by atoms with Crippen LogP contribution in [-0.2, 0) is 10.0 Å². The Balaban J connectivity index is 2.13. The number of rotatable bonds is 1. The summed E-state index contributed by atoms with van der Waals surface area (Å²) in [6.45, 7) is 6.10. The van der Waals surface area contributed by atoms with Gasteiger partial charge in [-0.25, -0.2) is 8.42 Å². The van der Waals surface area contributed by atoms with Crippen molar-refractivity contribution in [2.75, 3.05) is 5.32 Å². The van der Waals surface area contributed by atoms with Crippen molar-refractivity contribution >= 4 is 21.3 Å². The van der Waals surface area contributed by atoms with Crippen LogP contribution in [0.1, 0.15) is 32.8 Å². The first-order chi connectivity index (χ1) is 9.88. The molecule has 3 rings (SSSR count). The number of allylic oxidation sites excluding steroid dienone is 4. The van der Waals surface area contributed by atoms with E-state index in [4.69, 9.17) is 0 Å². The predicted octanol–water partition coefficient (Wildman–Crippen LogP) is 3.11. The average molecular weight is 304 g/mol. The molecule has 0 radical (unpaired) electrons. The summed E-state index contributed by atoms with van der Waals surface area (Å²) < 4.78 is 27.1. The zero-order valence-corrected chi connectivity index (χ0v) is 13.3. The zero-order chi connectivity index (χ0) is 15.2. The topological polar surface area (TPSA) is 58.2 Å². The van der Waals surface area contributed by atoms with Gasteiger partial charge in [-0.3, -0.25) is 0 Å². The van der Waals surface area contributed by atoms with E-state index >= 15 is 0 Å². The fraction of sp³-hybridized carbons (Fsp3) is 0.375. The van der Waals surface area contributed by atoms with Gasteiger partial charge in [-0.2, -0.15) is 4.72 Å². The summed E-state index contributed by atoms with van der Waals surface area (Å²) in [5.74, 6) is 0.494. The highest BCUT2D eigenvalue weighted by Crippen LogP contribution is 2.34. The van der Waals surface area contributed by atoms with Crippen molar-refractivity contribution < 1.29 is 8.42 Å². The summed E-state index contributed by atoms with van der Waals surface area (Å²) in [5, 5.41) is 3.14. The van der Waals surface area contributed by atoms with Crippen molar-refractivity contribution in [1.82, 2.24) is 4.72 Å². The molecule has 2 aliphatic rings. The van der Waals surface area contributed by atoms with E-state index in [1.165, 1.54) is 5.57 Å². The van der Waals surface area contributed by atoms with Crippen LogP contribution in [-0.4, -0.2) is 14.6 Å². The Bertz CT molecular complexity index is 748. The Morgan fingerprint density at radius 3 is 2.76 bits per heavy atom. The highest BCUT2D eigenvalue weighted by atomic mass is 32.2. The summed E-state index contributed by atoms with van der Waals surface area (Å²) in [5.41, 5.74) is 4.05. The minimum atomic E-state index is -3.44. The van der Waals surface area contributed by atoms with E-state index in [-0.39, 0.29) is 6.17 Å². The number of sulfonamides is 1. The van der Waals surface area contributed by atoms with Crippen molar-refractivity contribution in [1.29, 1.82) is 0 Å². The van der Waals surface area contributed by atoms with Gasteiger partial charge in [0.05, 0.1) is 11.9 Å². The molecule has 1 heterocycles. The van der Waals surface area contributed by atoms with Gasteiger partial charge in [-0.1, -0.05) is 30.7 Å². The van der Waals surface area contributed by atoms with Crippen LogP contribution in [0.2, 0.25) is 0 Å². The van der Waals surface area contributed by atoms with E-state index < -0.39 is 10.0 Å². The number of anilines is 1. The molecule has 0 saturated heterocycles. The Labute approximate surface area is 126 Å². The molecule has 4 nitrogen and oxygen atoms in total. The monoisotopic (exact) mass is 304 g/mol. The Morgan fingerprint density at radius 1 is 1.24 bits per heavy atom. The lowest BCUT2D eigenvalue weighted by molar-refractivity contribution is 0.565. The first-order valence-electron chi connectivity index (χ1n) is 7.19. The Morgan fingerprint density at radius 2 is 2.00 bits per heavy atom. The van der Waals surface area contributed by atoms with Gasteiger partial charge in [0.25, 0.3) is 0 Å². The molecule has 2 N–H and O–H groups in total. The lowest BCUT2D eigenvalue weighted by Gasteiger charge is -2.26. The second kappa shape index (κ2) is 5.00. The summed E-state index contributed by atoms with van der Waals surface area (Å²) in [7, 11) is -3.44. The second-order valence-electron chi connectivity index (χ2n) is 5.83. The smallest absolute Gasteiger partial charge is 0.244 e. The lowest BCUT2D eigenvalue weighted by atomic mass is 9.86. The van der Waals surface area contributed by atoms with Crippen molar-refractivity contribution in [2.45, 2.75) is 38.3 Å². The maximum Gasteiger partial charge on any atom is 0.244 e. The van der Waals surface area contributed by atoms with Gasteiger partial charge in [-0.05, 0) is 49.5 Å². The maximum atomic E-state index is 12.3. The predicted molar refractivity (Wildman–Crippen MR) is 85.4 cm³/mol. The first kappa shape index (κ1) is 14.4. The molecule has 0 saturated carbocycles. The number of fused-ring (bicyclic) bond motifs is 1. The quantitative estimate of drug-likeness (QED) is 0.838. The normalized spacial score (nSPS) is 27.2. The van der Waals surface area contributed by atoms with Crippen molar-refractivity contribution in [3.05, 3.63) is 41.5 Å². The van der Waals surface area contributed by atoms with Gasteiger partial charge in [0.2, 0.25) is 10.0 Å². The molecule has 2 atom stereocenters. The lowest BCUT2D eigenvalue weighted by Crippen LogP contribution is -2.42. The largest absolute Gasteiger partial charge is 0.368 e. The highest BCUT2D eigenvalue weighted by molar-refractivity contribution is 7.89. The van der Waals surface area contributed by atoms with Gasteiger partial charge in [0.15, 0.2) is 0 Å². The average Bonchev–Trinajstić information content (AvgIpc) is 2.41. The zero-order valence-electron chi connectivity index (χ0n) is 12.5. The molecule has 0 aromatic heterocycles. The van der Waals surface area contributed by atoms with Crippen LogP contribution in [0, 0.1) is 5.92 Å². The number of nitrogens with one attached hydrogen (secondary N) is 2. The van der Waals surface area contributed by atoms with Crippen molar-refractivity contribution in [3.63, 3.8) is 0 Å². The van der Waals surface area contributed by atoms with E-state index in [2.05, 4.69) is 36.0 Å². The number of hydrogen-bond acceptors (Lipinski definition) is 3. The number of benzene rings is 1. The standard InChI is InChI=1S/C16H20N2O2S/c1-10-5-4-6-14(11(10)2)13-7-8-15-16(9-13)21(19,20)18-12(3)17-15/h4,6-10,12,17-18H,5H2,1-3H3. The molecule has 5 heteroatoms. The molecule has 0 spiro atoms. The van der Waals surface area contributed by atoms with E-state index in [0.29, 0.717) is 16.5 Å². The molecular weight excluding hydrogens is 284 g/mol. The summed E-state index contributed by atoms with van der Waals surface area (Å²) in [6, 6.07) is 5.60. The highest BCUT2D eigenvalue weighted by Gasteiger charge is 2.27. The molecule has 1 aromatic rings. The van der Waals surface area contributed by atoms with Gasteiger partial charge in [-0.15, -0.1) is 0 Å². The fourth-order valence-corrected chi connectivity index (χ4v) is 4.23. The molecule has 1 aliphatic heterocycles. The van der Waals surface area contributed by atoms with Crippen LogP contribution in [0.4, 0.5) is 5.69 Å². The van der Waals surface area contributed by atoms with Crippen LogP contribution < -0.4 is 10.0 Å². The summed E-state index contributed by atoms with van der Waals surface area (Å²) >= 11 is 0. The van der Waals surface area contributed by atoms with Crippen LogP contribution in [0.25, 0.3) is 5.57 Å².